The number of carbonyl (C=O) groups excluding carboxylic acids is 1. The normalized spacial score (nSPS) is 9.29. The van der Waals surface area contributed by atoms with Gasteiger partial charge in [-0.2, -0.15) is 5.26 Å². The van der Waals surface area contributed by atoms with Gasteiger partial charge in [0.15, 0.2) is 5.82 Å². The number of hydrogen-bond acceptors (Lipinski definition) is 4. The highest BCUT2D eigenvalue weighted by Crippen LogP contribution is 2.18. The maximum atomic E-state index is 13.3. The van der Waals surface area contributed by atoms with Gasteiger partial charge >= 0.3 is 5.97 Å². The molecular formula is C9H6FNO2S. The van der Waals surface area contributed by atoms with Gasteiger partial charge in [0.1, 0.15) is 6.07 Å². The largest absolute Gasteiger partial charge is 0.465 e. The molecule has 0 fully saturated rings. The predicted molar refractivity (Wildman–Crippen MR) is 49.7 cm³/mol. The second kappa shape index (κ2) is 4.11. The molecule has 1 aromatic rings. The van der Waals surface area contributed by atoms with E-state index in [0.717, 1.165) is 7.11 Å². The number of benzene rings is 1. The first kappa shape index (κ1) is 10.5. The van der Waals surface area contributed by atoms with E-state index in [2.05, 4.69) is 17.4 Å². The third-order valence-corrected chi connectivity index (χ3v) is 1.84. The molecule has 0 saturated carbocycles. The number of esters is 1. The highest BCUT2D eigenvalue weighted by atomic mass is 32.1. The van der Waals surface area contributed by atoms with Crippen LogP contribution in [-0.4, -0.2) is 13.1 Å². The Labute approximate surface area is 85.5 Å². The fourth-order valence-electron chi connectivity index (χ4n) is 0.949. The second-order valence-electron chi connectivity index (χ2n) is 2.46. The molecule has 3 nitrogen and oxygen atoms in total. The molecule has 0 aliphatic carbocycles. The minimum Gasteiger partial charge on any atom is -0.465 e. The van der Waals surface area contributed by atoms with Crippen LogP contribution in [0.1, 0.15) is 15.9 Å². The zero-order valence-corrected chi connectivity index (χ0v) is 8.14. The summed E-state index contributed by atoms with van der Waals surface area (Å²) in [5, 5.41) is 8.55. The van der Waals surface area contributed by atoms with Gasteiger partial charge < -0.3 is 4.74 Å². The predicted octanol–water partition coefficient (Wildman–Crippen LogP) is 1.77. The topological polar surface area (TPSA) is 50.1 Å². The molecule has 0 radical (unpaired) electrons. The fraction of sp³-hybridized carbons (Fsp3) is 0.111. The molecule has 0 amide bonds. The molecule has 5 heteroatoms. The molecule has 0 spiro atoms. The summed E-state index contributed by atoms with van der Waals surface area (Å²) in [6.07, 6.45) is 0. The van der Waals surface area contributed by atoms with Gasteiger partial charge in [-0.1, -0.05) is 0 Å². The van der Waals surface area contributed by atoms with E-state index < -0.39 is 11.8 Å². The Hall–Kier alpha value is -1.54. The lowest BCUT2D eigenvalue weighted by Gasteiger charge is -2.03. The lowest BCUT2D eigenvalue weighted by molar-refractivity contribution is 0.0595. The van der Waals surface area contributed by atoms with Gasteiger partial charge in [-0.3, -0.25) is 0 Å². The number of halogens is 1. The first-order chi connectivity index (χ1) is 6.60. The van der Waals surface area contributed by atoms with E-state index >= 15 is 0 Å². The summed E-state index contributed by atoms with van der Waals surface area (Å²) < 4.78 is 17.7. The highest BCUT2D eigenvalue weighted by molar-refractivity contribution is 7.80. The van der Waals surface area contributed by atoms with Crippen LogP contribution in [0.4, 0.5) is 4.39 Å². The molecule has 0 N–H and O–H groups in total. The lowest BCUT2D eigenvalue weighted by atomic mass is 10.1. The number of hydrogen-bond donors (Lipinski definition) is 1. The van der Waals surface area contributed by atoms with Crippen molar-refractivity contribution >= 4 is 18.6 Å². The number of ether oxygens (including phenoxy) is 1. The minimum atomic E-state index is -0.878. The van der Waals surface area contributed by atoms with E-state index in [0.29, 0.717) is 4.90 Å². The van der Waals surface area contributed by atoms with Crippen LogP contribution >= 0.6 is 12.6 Å². The summed E-state index contributed by atoms with van der Waals surface area (Å²) in [7, 11) is 1.14. The van der Waals surface area contributed by atoms with E-state index in [-0.39, 0.29) is 11.1 Å². The average Bonchev–Trinajstić information content (AvgIpc) is 2.19. The molecule has 14 heavy (non-hydrogen) atoms. The number of rotatable bonds is 1. The maximum Gasteiger partial charge on any atom is 0.340 e. The Balaban J connectivity index is 3.38. The van der Waals surface area contributed by atoms with Crippen LogP contribution in [0.15, 0.2) is 17.0 Å². The molecule has 1 rings (SSSR count). The quantitative estimate of drug-likeness (QED) is 0.569. The van der Waals surface area contributed by atoms with E-state index in [1.807, 2.05) is 0 Å². The van der Waals surface area contributed by atoms with Crippen LogP contribution in [0.5, 0.6) is 0 Å². The lowest BCUT2D eigenvalue weighted by Crippen LogP contribution is -2.06. The molecule has 72 valence electrons. The van der Waals surface area contributed by atoms with Crippen molar-refractivity contribution in [3.8, 4) is 6.07 Å². The number of nitriles is 1. The van der Waals surface area contributed by atoms with Crippen molar-refractivity contribution in [1.82, 2.24) is 0 Å². The maximum absolute atomic E-state index is 13.3. The van der Waals surface area contributed by atoms with Crippen molar-refractivity contribution in [3.05, 3.63) is 29.1 Å². The van der Waals surface area contributed by atoms with Crippen LogP contribution < -0.4 is 0 Å². The molecule has 1 aromatic carbocycles. The van der Waals surface area contributed by atoms with Crippen LogP contribution in [0.2, 0.25) is 0 Å². The Morgan fingerprint density at radius 2 is 2.29 bits per heavy atom. The van der Waals surface area contributed by atoms with Crippen molar-refractivity contribution < 1.29 is 13.9 Å². The number of carbonyl (C=O) groups is 1. The summed E-state index contributed by atoms with van der Waals surface area (Å²) >= 11 is 3.93. The fourth-order valence-corrected chi connectivity index (χ4v) is 1.21. The number of nitrogens with zero attached hydrogens (tertiary/aromatic N) is 1. The number of thiol groups is 1. The van der Waals surface area contributed by atoms with Crippen LogP contribution in [-0.2, 0) is 4.74 Å². The summed E-state index contributed by atoms with van der Waals surface area (Å²) in [5.74, 6) is -1.70. The van der Waals surface area contributed by atoms with Gasteiger partial charge in [-0.25, -0.2) is 9.18 Å². The summed E-state index contributed by atoms with van der Waals surface area (Å²) in [4.78, 5) is 11.4. The van der Waals surface area contributed by atoms with Crippen molar-refractivity contribution in [2.24, 2.45) is 0 Å². The van der Waals surface area contributed by atoms with Crippen molar-refractivity contribution in [2.45, 2.75) is 4.90 Å². The Morgan fingerprint density at radius 1 is 1.64 bits per heavy atom. The molecule has 0 aliphatic rings. The van der Waals surface area contributed by atoms with Crippen LogP contribution in [0.3, 0.4) is 0 Å². The molecule has 0 aliphatic heterocycles. The summed E-state index contributed by atoms with van der Waals surface area (Å²) in [5.41, 5.74) is -0.505. The smallest absolute Gasteiger partial charge is 0.340 e. The molecule has 0 atom stereocenters. The Kier molecular flexibility index (Phi) is 3.10. The van der Waals surface area contributed by atoms with Crippen LogP contribution in [0.25, 0.3) is 0 Å². The van der Waals surface area contributed by atoms with E-state index in [1.165, 1.54) is 12.1 Å². The van der Waals surface area contributed by atoms with Gasteiger partial charge in [-0.15, -0.1) is 12.6 Å². The van der Waals surface area contributed by atoms with E-state index in [1.54, 1.807) is 6.07 Å². The first-order valence-electron chi connectivity index (χ1n) is 3.61. The first-order valence-corrected chi connectivity index (χ1v) is 4.05. The van der Waals surface area contributed by atoms with Gasteiger partial charge in [0.25, 0.3) is 0 Å². The Bertz CT molecular complexity index is 426. The highest BCUT2D eigenvalue weighted by Gasteiger charge is 2.16. The molecule has 0 saturated heterocycles. The summed E-state index contributed by atoms with van der Waals surface area (Å²) in [6.45, 7) is 0. The number of methoxy groups -OCH3 is 1. The molecular weight excluding hydrogens is 205 g/mol. The minimum absolute atomic E-state index is 0.224. The van der Waals surface area contributed by atoms with Gasteiger partial charge in [0.2, 0.25) is 0 Å². The van der Waals surface area contributed by atoms with Gasteiger partial charge in [-0.05, 0) is 12.1 Å². The standard InChI is InChI=1S/C9H6FNO2S/c1-13-9(12)7-3-6(14)2-5(4-11)8(7)10/h2-3,14H,1H3. The molecule has 0 unspecified atom stereocenters. The third-order valence-electron chi connectivity index (χ3n) is 1.58. The zero-order chi connectivity index (χ0) is 10.7. The van der Waals surface area contributed by atoms with Crippen molar-refractivity contribution in [3.63, 3.8) is 0 Å². The van der Waals surface area contributed by atoms with Gasteiger partial charge in [0.05, 0.1) is 18.2 Å². The second-order valence-corrected chi connectivity index (χ2v) is 2.97. The van der Waals surface area contributed by atoms with Crippen LogP contribution in [0, 0.1) is 17.1 Å². The monoisotopic (exact) mass is 211 g/mol. The van der Waals surface area contributed by atoms with E-state index in [4.69, 9.17) is 5.26 Å². The molecule has 0 bridgehead atoms. The summed E-state index contributed by atoms with van der Waals surface area (Å²) in [6, 6.07) is 4.08. The van der Waals surface area contributed by atoms with Gasteiger partial charge in [0, 0.05) is 4.90 Å². The zero-order valence-electron chi connectivity index (χ0n) is 7.24. The molecule has 0 heterocycles. The third kappa shape index (κ3) is 1.86. The SMILES string of the molecule is COC(=O)c1cc(S)cc(C#N)c1F. The van der Waals surface area contributed by atoms with E-state index in [9.17, 15) is 9.18 Å². The average molecular weight is 211 g/mol. The Morgan fingerprint density at radius 3 is 2.79 bits per heavy atom. The molecule has 0 aromatic heterocycles. The van der Waals surface area contributed by atoms with Crippen molar-refractivity contribution in [1.29, 1.82) is 5.26 Å². The van der Waals surface area contributed by atoms with Crippen molar-refractivity contribution in [2.75, 3.05) is 7.11 Å².